The molecule has 0 saturated heterocycles. The summed E-state index contributed by atoms with van der Waals surface area (Å²) in [6.45, 7) is -3.34. The van der Waals surface area contributed by atoms with Crippen molar-refractivity contribution in [2.24, 2.45) is 0 Å². The lowest BCUT2D eigenvalue weighted by Crippen LogP contribution is -2.43. The maximum Gasteiger partial charge on any atom is 0.387 e. The van der Waals surface area contributed by atoms with Crippen LogP contribution in [0.4, 0.5) is 8.78 Å². The van der Waals surface area contributed by atoms with Gasteiger partial charge < -0.3 is 19.9 Å². The fourth-order valence-corrected chi connectivity index (χ4v) is 1.43. The van der Waals surface area contributed by atoms with Gasteiger partial charge in [-0.15, -0.1) is 0 Å². The van der Waals surface area contributed by atoms with E-state index in [-0.39, 0.29) is 17.9 Å². The SMILES string of the molecule is COCC(NC(=O)c1ccccc1OC(F)F)C(=O)O. The van der Waals surface area contributed by atoms with Crippen molar-refractivity contribution < 1.29 is 33.0 Å². The van der Waals surface area contributed by atoms with Gasteiger partial charge in [0, 0.05) is 7.11 Å². The molecule has 20 heavy (non-hydrogen) atoms. The molecule has 0 radical (unpaired) electrons. The second-order valence-corrected chi connectivity index (χ2v) is 3.69. The normalized spacial score (nSPS) is 12.0. The molecular weight excluding hydrogens is 276 g/mol. The largest absolute Gasteiger partial charge is 0.480 e. The molecule has 1 aromatic carbocycles. The molecule has 0 bridgehead atoms. The van der Waals surface area contributed by atoms with Gasteiger partial charge in [-0.1, -0.05) is 12.1 Å². The molecular formula is C12H13F2NO5. The highest BCUT2D eigenvalue weighted by atomic mass is 19.3. The number of methoxy groups -OCH3 is 1. The molecule has 1 atom stereocenters. The zero-order chi connectivity index (χ0) is 15.1. The summed E-state index contributed by atoms with van der Waals surface area (Å²) < 4.78 is 33.3. The number of halogens is 2. The number of hydrogen-bond acceptors (Lipinski definition) is 4. The number of aliphatic carboxylic acids is 1. The van der Waals surface area contributed by atoms with E-state index in [0.29, 0.717) is 0 Å². The lowest BCUT2D eigenvalue weighted by atomic mass is 10.1. The molecule has 1 amide bonds. The monoisotopic (exact) mass is 289 g/mol. The van der Waals surface area contributed by atoms with Crippen LogP contribution < -0.4 is 10.1 Å². The molecule has 0 aliphatic rings. The van der Waals surface area contributed by atoms with Crippen LogP contribution in [0.15, 0.2) is 24.3 Å². The van der Waals surface area contributed by atoms with Crippen LogP contribution in [-0.4, -0.2) is 43.4 Å². The predicted molar refractivity (Wildman–Crippen MR) is 63.8 cm³/mol. The molecule has 8 heteroatoms. The topological polar surface area (TPSA) is 84.9 Å². The van der Waals surface area contributed by atoms with Gasteiger partial charge in [0.05, 0.1) is 12.2 Å². The van der Waals surface area contributed by atoms with Crippen LogP contribution in [-0.2, 0) is 9.53 Å². The molecule has 0 aliphatic heterocycles. The fraction of sp³-hybridized carbons (Fsp3) is 0.333. The van der Waals surface area contributed by atoms with Crippen LogP contribution in [0.5, 0.6) is 5.75 Å². The van der Waals surface area contributed by atoms with Crippen LogP contribution in [0, 0.1) is 0 Å². The van der Waals surface area contributed by atoms with E-state index in [1.807, 2.05) is 0 Å². The molecule has 0 aliphatic carbocycles. The Morgan fingerprint density at radius 2 is 2.00 bits per heavy atom. The Labute approximate surface area is 113 Å². The lowest BCUT2D eigenvalue weighted by Gasteiger charge is -2.15. The number of rotatable bonds is 7. The summed E-state index contributed by atoms with van der Waals surface area (Å²) in [4.78, 5) is 22.8. The van der Waals surface area contributed by atoms with Crippen molar-refractivity contribution in [3.8, 4) is 5.75 Å². The summed E-state index contributed by atoms with van der Waals surface area (Å²) in [6, 6.07) is 4.01. The van der Waals surface area contributed by atoms with Crippen molar-refractivity contribution in [1.29, 1.82) is 0 Å². The summed E-state index contributed by atoms with van der Waals surface area (Å²) >= 11 is 0. The minimum atomic E-state index is -3.09. The smallest absolute Gasteiger partial charge is 0.387 e. The molecule has 6 nitrogen and oxygen atoms in total. The first-order valence-corrected chi connectivity index (χ1v) is 5.52. The van der Waals surface area contributed by atoms with Crippen LogP contribution in [0.1, 0.15) is 10.4 Å². The molecule has 0 aromatic heterocycles. The zero-order valence-electron chi connectivity index (χ0n) is 10.5. The average molecular weight is 289 g/mol. The highest BCUT2D eigenvalue weighted by Crippen LogP contribution is 2.20. The number of hydrogen-bond donors (Lipinski definition) is 2. The molecule has 1 aromatic rings. The Morgan fingerprint density at radius 3 is 2.55 bits per heavy atom. The summed E-state index contributed by atoms with van der Waals surface area (Å²) in [5, 5.41) is 11.0. The lowest BCUT2D eigenvalue weighted by molar-refractivity contribution is -0.140. The van der Waals surface area contributed by atoms with Crippen LogP contribution in [0.2, 0.25) is 0 Å². The van der Waals surface area contributed by atoms with Crippen LogP contribution >= 0.6 is 0 Å². The van der Waals surface area contributed by atoms with E-state index in [9.17, 15) is 18.4 Å². The van der Waals surface area contributed by atoms with Crippen LogP contribution in [0.3, 0.4) is 0 Å². The second kappa shape index (κ2) is 7.39. The minimum absolute atomic E-state index is 0.185. The van der Waals surface area contributed by atoms with Crippen molar-refractivity contribution in [2.45, 2.75) is 12.7 Å². The molecule has 1 rings (SSSR count). The summed E-state index contributed by atoms with van der Waals surface area (Å²) in [7, 11) is 1.27. The number of para-hydroxylation sites is 1. The number of nitrogens with one attached hydrogen (secondary N) is 1. The number of alkyl halides is 2. The standard InChI is InChI=1S/C12H13F2NO5/c1-19-6-8(11(17)18)15-10(16)7-4-2-3-5-9(7)20-12(13)14/h2-5,8,12H,6H2,1H3,(H,15,16)(H,17,18). The predicted octanol–water partition coefficient (Wildman–Crippen LogP) is 1.12. The molecule has 0 spiro atoms. The Kier molecular flexibility index (Phi) is 5.85. The van der Waals surface area contributed by atoms with Gasteiger partial charge in [-0.25, -0.2) is 4.79 Å². The number of amides is 1. The van der Waals surface area contributed by atoms with Gasteiger partial charge in [0.15, 0.2) is 6.04 Å². The molecule has 1 unspecified atom stereocenters. The van der Waals surface area contributed by atoms with E-state index in [1.165, 1.54) is 31.4 Å². The molecule has 2 N–H and O–H groups in total. The highest BCUT2D eigenvalue weighted by molar-refractivity contribution is 5.98. The Morgan fingerprint density at radius 1 is 1.35 bits per heavy atom. The van der Waals surface area contributed by atoms with E-state index < -0.39 is 24.5 Å². The van der Waals surface area contributed by atoms with Gasteiger partial charge in [-0.3, -0.25) is 4.79 Å². The van der Waals surface area contributed by atoms with Crippen molar-refractivity contribution in [3.63, 3.8) is 0 Å². The third kappa shape index (κ3) is 4.47. The third-order valence-electron chi connectivity index (χ3n) is 2.28. The number of carboxylic acids is 1. The molecule has 110 valence electrons. The maximum absolute atomic E-state index is 12.2. The van der Waals surface area contributed by atoms with Gasteiger partial charge >= 0.3 is 12.6 Å². The van der Waals surface area contributed by atoms with Gasteiger partial charge in [-0.2, -0.15) is 8.78 Å². The minimum Gasteiger partial charge on any atom is -0.480 e. The molecule has 0 heterocycles. The van der Waals surface area contributed by atoms with Gasteiger partial charge in [0.1, 0.15) is 5.75 Å². The summed E-state index contributed by atoms with van der Waals surface area (Å²) in [6.07, 6.45) is 0. The van der Waals surface area contributed by atoms with Crippen molar-refractivity contribution in [1.82, 2.24) is 5.32 Å². The van der Waals surface area contributed by atoms with Gasteiger partial charge in [0.25, 0.3) is 5.91 Å². The number of carbonyl (C=O) groups excluding carboxylic acids is 1. The first kappa shape index (κ1) is 15.8. The quantitative estimate of drug-likeness (QED) is 0.785. The Bertz CT molecular complexity index is 481. The summed E-state index contributed by atoms with van der Waals surface area (Å²) in [5.41, 5.74) is -0.185. The van der Waals surface area contributed by atoms with Crippen molar-refractivity contribution >= 4 is 11.9 Å². The Hall–Kier alpha value is -2.22. The Balaban J connectivity index is 2.88. The highest BCUT2D eigenvalue weighted by Gasteiger charge is 2.22. The van der Waals surface area contributed by atoms with Gasteiger partial charge in [0.2, 0.25) is 0 Å². The molecule has 0 saturated carbocycles. The number of ether oxygens (including phenoxy) is 2. The zero-order valence-corrected chi connectivity index (χ0v) is 10.5. The van der Waals surface area contributed by atoms with Crippen molar-refractivity contribution in [3.05, 3.63) is 29.8 Å². The van der Waals surface area contributed by atoms with E-state index >= 15 is 0 Å². The number of carboxylic acid groups (broad SMARTS) is 1. The molecule has 0 fully saturated rings. The van der Waals surface area contributed by atoms with Crippen molar-refractivity contribution in [2.75, 3.05) is 13.7 Å². The fourth-order valence-electron chi connectivity index (χ4n) is 1.43. The number of benzene rings is 1. The number of carbonyl (C=O) groups is 2. The summed E-state index contributed by atoms with van der Waals surface area (Å²) in [5.74, 6) is -2.47. The van der Waals surface area contributed by atoms with E-state index in [0.717, 1.165) is 0 Å². The van der Waals surface area contributed by atoms with E-state index in [2.05, 4.69) is 14.8 Å². The average Bonchev–Trinajstić information content (AvgIpc) is 2.37. The van der Waals surface area contributed by atoms with Gasteiger partial charge in [-0.05, 0) is 12.1 Å². The first-order chi connectivity index (χ1) is 9.45. The van der Waals surface area contributed by atoms with E-state index in [4.69, 9.17) is 5.11 Å². The van der Waals surface area contributed by atoms with E-state index in [1.54, 1.807) is 0 Å². The second-order valence-electron chi connectivity index (χ2n) is 3.69. The maximum atomic E-state index is 12.2. The third-order valence-corrected chi connectivity index (χ3v) is 2.28. The van der Waals surface area contributed by atoms with Crippen LogP contribution in [0.25, 0.3) is 0 Å². The first-order valence-electron chi connectivity index (χ1n) is 5.52.